The monoisotopic (exact) mass is 327 g/mol. The molecule has 0 aliphatic heterocycles. The number of aromatic nitrogens is 2. The third-order valence-electron chi connectivity index (χ3n) is 4.37. The molecule has 1 aliphatic rings. The summed E-state index contributed by atoms with van der Waals surface area (Å²) in [6.07, 6.45) is 6.58. The van der Waals surface area contributed by atoms with Gasteiger partial charge in [0.2, 0.25) is 5.91 Å². The Morgan fingerprint density at radius 2 is 2.17 bits per heavy atom. The van der Waals surface area contributed by atoms with Crippen molar-refractivity contribution in [3.8, 4) is 5.75 Å². The van der Waals surface area contributed by atoms with Crippen molar-refractivity contribution in [2.24, 2.45) is 0 Å². The van der Waals surface area contributed by atoms with Crippen LogP contribution in [0.25, 0.3) is 0 Å². The molecule has 0 unspecified atom stereocenters. The highest BCUT2D eigenvalue weighted by Gasteiger charge is 2.17. The molecule has 1 heterocycles. The normalized spacial score (nSPS) is 13.4. The van der Waals surface area contributed by atoms with Gasteiger partial charge in [-0.2, -0.15) is 5.10 Å². The highest BCUT2D eigenvalue weighted by molar-refractivity contribution is 5.90. The Morgan fingerprint density at radius 3 is 3.04 bits per heavy atom. The summed E-state index contributed by atoms with van der Waals surface area (Å²) in [5, 5.41) is 10.2. The summed E-state index contributed by atoms with van der Waals surface area (Å²) in [7, 11) is 0. The summed E-state index contributed by atoms with van der Waals surface area (Å²) in [6, 6.07) is 8.02. The van der Waals surface area contributed by atoms with E-state index in [9.17, 15) is 4.79 Å². The van der Waals surface area contributed by atoms with Crippen LogP contribution >= 0.6 is 0 Å². The third-order valence-corrected chi connectivity index (χ3v) is 4.37. The van der Waals surface area contributed by atoms with E-state index in [1.807, 2.05) is 31.2 Å². The van der Waals surface area contributed by atoms with Gasteiger partial charge in [-0.05, 0) is 63.1 Å². The van der Waals surface area contributed by atoms with Crippen LogP contribution in [0.4, 0.5) is 5.82 Å². The van der Waals surface area contributed by atoms with Crippen LogP contribution in [0.15, 0.2) is 24.3 Å². The molecule has 0 saturated heterocycles. The first kappa shape index (κ1) is 16.6. The van der Waals surface area contributed by atoms with Gasteiger partial charge in [0.05, 0.1) is 6.61 Å². The van der Waals surface area contributed by atoms with Crippen LogP contribution in [-0.2, 0) is 17.6 Å². The molecule has 0 fully saturated rings. The molecule has 0 radical (unpaired) electrons. The summed E-state index contributed by atoms with van der Waals surface area (Å²) in [5.74, 6) is 1.65. The summed E-state index contributed by atoms with van der Waals surface area (Å²) < 4.78 is 5.70. The number of ether oxygens (including phenoxy) is 1. The number of hydrogen-bond acceptors (Lipinski definition) is 3. The fourth-order valence-corrected chi connectivity index (χ4v) is 3.06. The van der Waals surface area contributed by atoms with Gasteiger partial charge < -0.3 is 10.1 Å². The highest BCUT2D eigenvalue weighted by Crippen LogP contribution is 2.25. The van der Waals surface area contributed by atoms with Crippen LogP contribution < -0.4 is 10.1 Å². The largest absolute Gasteiger partial charge is 0.494 e. The van der Waals surface area contributed by atoms with Crippen molar-refractivity contribution in [1.82, 2.24) is 10.2 Å². The number of unbranched alkanes of at least 4 members (excludes halogenated alkanes) is 1. The zero-order valence-corrected chi connectivity index (χ0v) is 14.2. The lowest BCUT2D eigenvalue weighted by Gasteiger charge is -2.11. The first-order valence-electron chi connectivity index (χ1n) is 8.78. The predicted octanol–water partition coefficient (Wildman–Crippen LogP) is 3.78. The standard InChI is InChI=1S/C19H25N3O2/c1-14-7-6-8-15(13-14)24-12-5-4-11-18(23)20-19-16-9-2-3-10-17(16)21-22-19/h6-8,13H,2-5,9-12H2,1H3,(H2,20,21,22,23). The number of carbonyl (C=O) groups is 1. The Morgan fingerprint density at radius 1 is 1.29 bits per heavy atom. The molecular weight excluding hydrogens is 302 g/mol. The number of aryl methyl sites for hydroxylation is 2. The Hall–Kier alpha value is -2.30. The number of hydrogen-bond donors (Lipinski definition) is 2. The molecule has 5 nitrogen and oxygen atoms in total. The van der Waals surface area contributed by atoms with Crippen molar-refractivity contribution >= 4 is 11.7 Å². The summed E-state index contributed by atoms with van der Waals surface area (Å²) in [6.45, 7) is 2.68. The average Bonchev–Trinajstić information content (AvgIpc) is 2.98. The first-order chi connectivity index (χ1) is 11.7. The van der Waals surface area contributed by atoms with E-state index >= 15 is 0 Å². The van der Waals surface area contributed by atoms with Crippen molar-refractivity contribution in [3.63, 3.8) is 0 Å². The minimum Gasteiger partial charge on any atom is -0.494 e. The molecule has 128 valence electrons. The number of nitrogens with one attached hydrogen (secondary N) is 2. The number of benzene rings is 1. The Balaban J connectivity index is 1.36. The van der Waals surface area contributed by atoms with Gasteiger partial charge in [0, 0.05) is 17.7 Å². The molecule has 1 amide bonds. The molecule has 0 atom stereocenters. The predicted molar refractivity (Wildman–Crippen MR) is 94.4 cm³/mol. The molecule has 0 bridgehead atoms. The van der Waals surface area contributed by atoms with Gasteiger partial charge in [-0.3, -0.25) is 9.89 Å². The maximum absolute atomic E-state index is 12.1. The fraction of sp³-hybridized carbons (Fsp3) is 0.474. The van der Waals surface area contributed by atoms with E-state index < -0.39 is 0 Å². The summed E-state index contributed by atoms with van der Waals surface area (Å²) in [5.41, 5.74) is 3.56. The Labute approximate surface area is 142 Å². The summed E-state index contributed by atoms with van der Waals surface area (Å²) >= 11 is 0. The molecule has 0 spiro atoms. The zero-order chi connectivity index (χ0) is 16.8. The average molecular weight is 327 g/mol. The fourth-order valence-electron chi connectivity index (χ4n) is 3.06. The molecular formula is C19H25N3O2. The molecule has 24 heavy (non-hydrogen) atoms. The highest BCUT2D eigenvalue weighted by atomic mass is 16.5. The Bertz CT molecular complexity index is 694. The molecule has 3 rings (SSSR count). The SMILES string of the molecule is Cc1cccc(OCCCCC(=O)Nc2n[nH]c3c2CCCC3)c1. The number of fused-ring (bicyclic) bond motifs is 1. The van der Waals surface area contributed by atoms with Gasteiger partial charge in [-0.25, -0.2) is 0 Å². The van der Waals surface area contributed by atoms with E-state index in [0.717, 1.165) is 37.3 Å². The van der Waals surface area contributed by atoms with Gasteiger partial charge >= 0.3 is 0 Å². The van der Waals surface area contributed by atoms with Gasteiger partial charge in [-0.1, -0.05) is 12.1 Å². The number of carbonyl (C=O) groups excluding carboxylic acids is 1. The van der Waals surface area contributed by atoms with Crippen LogP contribution in [0, 0.1) is 6.92 Å². The van der Waals surface area contributed by atoms with Crippen molar-refractivity contribution in [2.75, 3.05) is 11.9 Å². The molecule has 0 saturated carbocycles. The van der Waals surface area contributed by atoms with Gasteiger partial charge in [-0.15, -0.1) is 0 Å². The van der Waals surface area contributed by atoms with Crippen molar-refractivity contribution < 1.29 is 9.53 Å². The van der Waals surface area contributed by atoms with E-state index in [0.29, 0.717) is 13.0 Å². The minimum atomic E-state index is 0.0328. The number of aromatic amines is 1. The van der Waals surface area contributed by atoms with Crippen LogP contribution in [-0.4, -0.2) is 22.7 Å². The zero-order valence-electron chi connectivity index (χ0n) is 14.2. The smallest absolute Gasteiger partial charge is 0.225 e. The van der Waals surface area contributed by atoms with E-state index in [1.54, 1.807) is 0 Å². The molecule has 2 N–H and O–H groups in total. The van der Waals surface area contributed by atoms with Gasteiger partial charge in [0.25, 0.3) is 0 Å². The third kappa shape index (κ3) is 4.37. The van der Waals surface area contributed by atoms with E-state index in [1.165, 1.54) is 29.7 Å². The lowest BCUT2D eigenvalue weighted by molar-refractivity contribution is -0.116. The lowest BCUT2D eigenvalue weighted by Crippen LogP contribution is -2.14. The topological polar surface area (TPSA) is 67.0 Å². The molecule has 1 aromatic carbocycles. The molecule has 2 aromatic rings. The van der Waals surface area contributed by atoms with Crippen LogP contribution in [0.2, 0.25) is 0 Å². The van der Waals surface area contributed by atoms with Crippen molar-refractivity contribution in [1.29, 1.82) is 0 Å². The van der Waals surface area contributed by atoms with Crippen LogP contribution in [0.3, 0.4) is 0 Å². The van der Waals surface area contributed by atoms with E-state index in [-0.39, 0.29) is 5.91 Å². The van der Waals surface area contributed by atoms with E-state index in [4.69, 9.17) is 4.74 Å². The van der Waals surface area contributed by atoms with E-state index in [2.05, 4.69) is 15.5 Å². The summed E-state index contributed by atoms with van der Waals surface area (Å²) in [4.78, 5) is 12.1. The van der Waals surface area contributed by atoms with Gasteiger partial charge in [0.1, 0.15) is 5.75 Å². The number of H-pyrrole nitrogens is 1. The molecule has 1 aromatic heterocycles. The second-order valence-electron chi connectivity index (χ2n) is 6.41. The number of rotatable bonds is 7. The van der Waals surface area contributed by atoms with Crippen molar-refractivity contribution in [2.45, 2.75) is 51.9 Å². The Kier molecular flexibility index (Phi) is 5.51. The molecule has 1 aliphatic carbocycles. The maximum atomic E-state index is 12.1. The van der Waals surface area contributed by atoms with Crippen LogP contribution in [0.1, 0.15) is 48.9 Å². The number of nitrogens with zero attached hydrogens (tertiary/aromatic N) is 1. The van der Waals surface area contributed by atoms with Crippen molar-refractivity contribution in [3.05, 3.63) is 41.1 Å². The quantitative estimate of drug-likeness (QED) is 0.760. The van der Waals surface area contributed by atoms with Gasteiger partial charge in [0.15, 0.2) is 5.82 Å². The first-order valence-corrected chi connectivity index (χ1v) is 8.78. The molecule has 5 heteroatoms. The van der Waals surface area contributed by atoms with Crippen LogP contribution in [0.5, 0.6) is 5.75 Å². The second-order valence-corrected chi connectivity index (χ2v) is 6.41. The maximum Gasteiger partial charge on any atom is 0.225 e. The number of anilines is 1. The minimum absolute atomic E-state index is 0.0328. The second kappa shape index (κ2) is 7.99. The number of amides is 1. The lowest BCUT2D eigenvalue weighted by atomic mass is 9.97.